The molecule has 0 radical (unpaired) electrons. The first kappa shape index (κ1) is 7.28. The second-order valence-corrected chi connectivity index (χ2v) is 2.16. The van der Waals surface area contributed by atoms with Gasteiger partial charge in [-0.05, 0) is 0 Å². The van der Waals surface area contributed by atoms with Crippen molar-refractivity contribution in [1.82, 2.24) is 5.32 Å². The van der Waals surface area contributed by atoms with Gasteiger partial charge in [0, 0.05) is 13.0 Å². The highest BCUT2D eigenvalue weighted by atomic mass is 16.5. The maximum absolute atomic E-state index is 9.65. The Morgan fingerprint density at radius 2 is 2.60 bits per heavy atom. The van der Waals surface area contributed by atoms with Crippen molar-refractivity contribution in [3.8, 4) is 0 Å². The van der Waals surface area contributed by atoms with Crippen LogP contribution in [0.25, 0.3) is 0 Å². The van der Waals surface area contributed by atoms with Crippen LogP contribution in [-0.2, 0) is 9.53 Å². The van der Waals surface area contributed by atoms with Crippen molar-refractivity contribution >= 4 is 5.94 Å². The van der Waals surface area contributed by atoms with Gasteiger partial charge in [0.2, 0.25) is 0 Å². The minimum absolute atomic E-state index is 0.226. The second-order valence-electron chi connectivity index (χ2n) is 2.16. The molecule has 2 N–H and O–H groups in total. The highest BCUT2D eigenvalue weighted by Crippen LogP contribution is 2.06. The van der Waals surface area contributed by atoms with Gasteiger partial charge in [-0.25, -0.2) is 4.79 Å². The fourth-order valence-corrected chi connectivity index (χ4v) is 0.895. The molecule has 2 atom stereocenters. The van der Waals surface area contributed by atoms with Crippen LogP contribution >= 0.6 is 0 Å². The van der Waals surface area contributed by atoms with Gasteiger partial charge >= 0.3 is 0 Å². The van der Waals surface area contributed by atoms with E-state index in [2.05, 4.69) is 5.32 Å². The van der Waals surface area contributed by atoms with Crippen LogP contribution in [0.15, 0.2) is 6.26 Å². The summed E-state index contributed by atoms with van der Waals surface area (Å²) in [5.74, 6) is 1.49. The van der Waals surface area contributed by atoms with Crippen LogP contribution in [0.5, 0.6) is 0 Å². The van der Waals surface area contributed by atoms with Gasteiger partial charge in [-0.2, -0.15) is 0 Å². The molecule has 0 saturated carbocycles. The summed E-state index contributed by atoms with van der Waals surface area (Å²) in [5, 5.41) is 11.8. The lowest BCUT2D eigenvalue weighted by Gasteiger charge is -2.06. The van der Waals surface area contributed by atoms with Gasteiger partial charge in [0.05, 0.1) is 6.10 Å². The molecule has 0 aromatic heterocycles. The minimum Gasteiger partial charge on any atom is -0.471 e. The van der Waals surface area contributed by atoms with E-state index >= 15 is 0 Å². The zero-order valence-corrected chi connectivity index (χ0v) is 5.41. The Kier molecular flexibility index (Phi) is 2.45. The Bertz CT molecular complexity index is 153. The number of aliphatic hydroxyl groups excluding tert-OH is 1. The molecule has 1 aliphatic rings. The maximum atomic E-state index is 9.65. The second kappa shape index (κ2) is 3.37. The third-order valence-corrected chi connectivity index (χ3v) is 1.35. The van der Waals surface area contributed by atoms with Crippen LogP contribution < -0.4 is 5.32 Å². The summed E-state index contributed by atoms with van der Waals surface area (Å²) >= 11 is 0. The summed E-state index contributed by atoms with van der Waals surface area (Å²) in [4.78, 5) is 9.65. The molecule has 56 valence electrons. The van der Waals surface area contributed by atoms with E-state index in [1.165, 1.54) is 5.94 Å². The van der Waals surface area contributed by atoms with Gasteiger partial charge in [-0.1, -0.05) is 0 Å². The van der Waals surface area contributed by atoms with Crippen molar-refractivity contribution in [3.05, 3.63) is 6.26 Å². The summed E-state index contributed by atoms with van der Waals surface area (Å²) < 4.78 is 4.80. The molecule has 4 heteroatoms. The third kappa shape index (κ3) is 1.84. The van der Waals surface area contributed by atoms with Crippen molar-refractivity contribution in [2.75, 3.05) is 6.54 Å². The van der Waals surface area contributed by atoms with Gasteiger partial charge in [-0.15, -0.1) is 0 Å². The quantitative estimate of drug-likeness (QED) is 0.385. The lowest BCUT2D eigenvalue weighted by Crippen LogP contribution is -2.22. The van der Waals surface area contributed by atoms with Crippen LogP contribution in [-0.4, -0.2) is 29.9 Å². The normalized spacial score (nSPS) is 31.3. The first-order chi connectivity index (χ1) is 4.83. The summed E-state index contributed by atoms with van der Waals surface area (Å²) in [6.07, 6.45) is 0.898. The van der Waals surface area contributed by atoms with Crippen LogP contribution in [0.2, 0.25) is 0 Å². The van der Waals surface area contributed by atoms with E-state index in [1.54, 1.807) is 0 Å². The molecule has 10 heavy (non-hydrogen) atoms. The van der Waals surface area contributed by atoms with E-state index in [4.69, 9.17) is 9.84 Å². The van der Waals surface area contributed by atoms with E-state index < -0.39 is 0 Å². The van der Waals surface area contributed by atoms with Gasteiger partial charge in [0.1, 0.15) is 0 Å². The van der Waals surface area contributed by atoms with Crippen LogP contribution in [0.1, 0.15) is 6.42 Å². The number of hydrogen-bond donors (Lipinski definition) is 2. The first-order valence-electron chi connectivity index (χ1n) is 3.09. The Morgan fingerprint density at radius 3 is 3.10 bits per heavy atom. The van der Waals surface area contributed by atoms with E-state index in [0.717, 1.165) is 6.26 Å². The summed E-state index contributed by atoms with van der Waals surface area (Å²) in [6.45, 7) is 0.525. The number of nitrogens with one attached hydrogen (secondary N) is 1. The van der Waals surface area contributed by atoms with Gasteiger partial charge in [0.15, 0.2) is 18.4 Å². The zero-order valence-electron chi connectivity index (χ0n) is 5.41. The fourth-order valence-electron chi connectivity index (χ4n) is 0.895. The summed E-state index contributed by atoms with van der Waals surface area (Å²) in [7, 11) is 0. The Labute approximate surface area is 58.5 Å². The highest BCUT2D eigenvalue weighted by molar-refractivity contribution is 5.42. The van der Waals surface area contributed by atoms with Gasteiger partial charge in [-0.3, -0.25) is 5.32 Å². The predicted octanol–water partition coefficient (Wildman–Crippen LogP) is -0.971. The topological polar surface area (TPSA) is 58.6 Å². The molecular formula is C6H9NO3. The Morgan fingerprint density at radius 1 is 1.80 bits per heavy atom. The number of carbonyl (C=O) groups excluding carboxylic acids is 1. The van der Waals surface area contributed by atoms with E-state index in [0.29, 0.717) is 13.0 Å². The monoisotopic (exact) mass is 143 g/mol. The molecule has 4 nitrogen and oxygen atoms in total. The smallest absolute Gasteiger partial charge is 0.169 e. The lowest BCUT2D eigenvalue weighted by atomic mass is 10.3. The van der Waals surface area contributed by atoms with Crippen molar-refractivity contribution in [1.29, 1.82) is 0 Å². The molecule has 0 bridgehead atoms. The Hall–Kier alpha value is -0.830. The molecule has 1 aliphatic heterocycles. The lowest BCUT2D eigenvalue weighted by molar-refractivity contribution is 0.112. The summed E-state index contributed by atoms with van der Waals surface area (Å²) in [6, 6.07) is 0. The number of rotatable bonds is 2. The van der Waals surface area contributed by atoms with Gasteiger partial charge in [0.25, 0.3) is 0 Å². The minimum atomic E-state index is -0.356. The van der Waals surface area contributed by atoms with E-state index in [9.17, 15) is 4.79 Å². The maximum Gasteiger partial charge on any atom is 0.169 e. The SMILES string of the molecule is O=C=CO[C@@H]1C[C@@H](O)CN1. The predicted molar refractivity (Wildman–Crippen MR) is 33.8 cm³/mol. The number of ether oxygens (including phenoxy) is 1. The van der Waals surface area contributed by atoms with Crippen LogP contribution in [0.4, 0.5) is 0 Å². The molecule has 0 unspecified atom stereocenters. The molecule has 1 heterocycles. The number of hydrogen-bond acceptors (Lipinski definition) is 4. The molecule has 1 saturated heterocycles. The average Bonchev–Trinajstić information content (AvgIpc) is 2.31. The van der Waals surface area contributed by atoms with Crippen molar-refractivity contribution in [3.63, 3.8) is 0 Å². The molecule has 1 fully saturated rings. The van der Waals surface area contributed by atoms with Crippen LogP contribution in [0.3, 0.4) is 0 Å². The third-order valence-electron chi connectivity index (χ3n) is 1.35. The van der Waals surface area contributed by atoms with E-state index in [1.807, 2.05) is 0 Å². The largest absolute Gasteiger partial charge is 0.471 e. The molecule has 0 spiro atoms. The Balaban J connectivity index is 2.24. The zero-order chi connectivity index (χ0) is 7.40. The standard InChI is InChI=1S/C6H9NO3/c8-1-2-10-6-3-5(9)4-7-6/h2,5-7,9H,3-4H2/t5-,6-/m1/s1. The molecule has 0 aliphatic carbocycles. The molecule has 1 rings (SSSR count). The highest BCUT2D eigenvalue weighted by Gasteiger charge is 2.21. The number of β-amino-alcohol motifs (C(OH)–C–C–N with tert-alkyl or cyclic N) is 1. The number of aliphatic hydroxyl groups is 1. The molecule has 0 aromatic rings. The molecule has 0 amide bonds. The van der Waals surface area contributed by atoms with Crippen molar-refractivity contribution in [2.45, 2.75) is 18.8 Å². The molecular weight excluding hydrogens is 134 g/mol. The molecule has 0 aromatic carbocycles. The van der Waals surface area contributed by atoms with Crippen LogP contribution in [0, 0.1) is 0 Å². The van der Waals surface area contributed by atoms with Gasteiger partial charge < -0.3 is 9.84 Å². The fraction of sp³-hybridized carbons (Fsp3) is 0.667. The van der Waals surface area contributed by atoms with Crippen molar-refractivity contribution in [2.24, 2.45) is 0 Å². The average molecular weight is 143 g/mol. The summed E-state index contributed by atoms with van der Waals surface area (Å²) in [5.41, 5.74) is 0. The van der Waals surface area contributed by atoms with Crippen molar-refractivity contribution < 1.29 is 14.6 Å². The first-order valence-corrected chi connectivity index (χ1v) is 3.09. The van der Waals surface area contributed by atoms with E-state index in [-0.39, 0.29) is 12.3 Å².